The molecule has 0 spiro atoms. The summed E-state index contributed by atoms with van der Waals surface area (Å²) in [6.07, 6.45) is 0.115. The van der Waals surface area contributed by atoms with Crippen molar-refractivity contribution >= 4 is 11.8 Å². The fourth-order valence-corrected chi connectivity index (χ4v) is 6.05. The monoisotopic (exact) mass is 523 g/mol. The third-order valence-electron chi connectivity index (χ3n) is 8.00. The maximum absolute atomic E-state index is 14.3. The van der Waals surface area contributed by atoms with Gasteiger partial charge < -0.3 is 15.0 Å². The third-order valence-corrected chi connectivity index (χ3v) is 8.00. The van der Waals surface area contributed by atoms with Crippen LogP contribution in [-0.4, -0.2) is 63.3 Å². The van der Waals surface area contributed by atoms with E-state index >= 15 is 0 Å². The average Bonchev–Trinajstić information content (AvgIpc) is 3.46. The number of carbonyl (C=O) groups excluding carboxylic acids is 2. The minimum Gasteiger partial charge on any atom is -0.481 e. The minimum absolute atomic E-state index is 0.0362. The van der Waals surface area contributed by atoms with Crippen LogP contribution in [-0.2, 0) is 4.79 Å². The first kappa shape index (κ1) is 25.5. The van der Waals surface area contributed by atoms with Gasteiger partial charge in [-0.1, -0.05) is 0 Å². The molecule has 3 fully saturated rings. The van der Waals surface area contributed by atoms with Crippen LogP contribution in [0.15, 0.2) is 18.3 Å². The van der Waals surface area contributed by atoms with Gasteiger partial charge in [-0.15, -0.1) is 0 Å². The van der Waals surface area contributed by atoms with Gasteiger partial charge in [-0.05, 0) is 57.4 Å². The Morgan fingerprint density at radius 2 is 1.76 bits per heavy atom. The number of fused-ring (bicyclic) bond motifs is 2. The van der Waals surface area contributed by atoms with E-state index in [0.29, 0.717) is 31.4 Å². The zero-order chi connectivity index (χ0) is 26.3. The Labute approximate surface area is 211 Å². The first-order chi connectivity index (χ1) is 17.6. The summed E-state index contributed by atoms with van der Waals surface area (Å²) in [5.74, 6) is -2.34. The maximum Gasteiger partial charge on any atom is 0.391 e. The molecule has 0 unspecified atom stereocenters. The number of halogens is 4. The van der Waals surface area contributed by atoms with Gasteiger partial charge in [0.05, 0.1) is 24.9 Å². The Balaban J connectivity index is 1.20. The highest BCUT2D eigenvalue weighted by molar-refractivity contribution is 5.94. The van der Waals surface area contributed by atoms with Crippen molar-refractivity contribution < 1.29 is 31.9 Å². The molecule has 3 atom stereocenters. The Kier molecular flexibility index (Phi) is 6.84. The van der Waals surface area contributed by atoms with Crippen molar-refractivity contribution in [2.75, 3.05) is 7.11 Å². The molecule has 1 aliphatic carbocycles. The van der Waals surface area contributed by atoms with Gasteiger partial charge in [-0.2, -0.15) is 18.3 Å². The van der Waals surface area contributed by atoms with Crippen LogP contribution in [0, 0.1) is 17.7 Å². The molecule has 8 nitrogen and oxygen atoms in total. The average molecular weight is 524 g/mol. The molecule has 4 heterocycles. The van der Waals surface area contributed by atoms with Gasteiger partial charge in [0, 0.05) is 35.7 Å². The topological polar surface area (TPSA) is 100 Å². The highest BCUT2D eigenvalue weighted by atomic mass is 19.4. The van der Waals surface area contributed by atoms with Gasteiger partial charge in [0.2, 0.25) is 11.8 Å². The highest BCUT2D eigenvalue weighted by Gasteiger charge is 2.46. The predicted octanol–water partition coefficient (Wildman–Crippen LogP) is 4.24. The van der Waals surface area contributed by atoms with E-state index in [-0.39, 0.29) is 65.8 Å². The molecule has 2 aromatic rings. The van der Waals surface area contributed by atoms with Crippen molar-refractivity contribution in [2.24, 2.45) is 11.8 Å². The predicted molar refractivity (Wildman–Crippen MR) is 124 cm³/mol. The number of aromatic nitrogens is 3. The first-order valence-corrected chi connectivity index (χ1v) is 12.6. The standard InChI is InChI=1S/C25H29F4N5O3/c1-37-22-10-18(19(26)12-30-22)20-11-21(33-32-20)24(36)34-16-6-7-17(34)9-13(8-16)23(35)31-15-4-2-14(3-5-15)25(27,28)29/h10-17H,2-9H2,1H3,(H,31,35)(H,32,33)/t13-,14?,15?,16-,17+. The van der Waals surface area contributed by atoms with E-state index in [0.717, 1.165) is 19.0 Å². The second-order valence-corrected chi connectivity index (χ2v) is 10.2. The molecule has 2 amide bonds. The van der Waals surface area contributed by atoms with E-state index in [1.54, 1.807) is 4.90 Å². The van der Waals surface area contributed by atoms with Crippen LogP contribution in [0.4, 0.5) is 17.6 Å². The fraction of sp³-hybridized carbons (Fsp3) is 0.600. The molecular formula is C25H29F4N5O3. The van der Waals surface area contributed by atoms with Crippen molar-refractivity contribution in [2.45, 2.75) is 75.7 Å². The normalized spacial score (nSPS) is 27.7. The number of carbonyl (C=O) groups is 2. The van der Waals surface area contributed by atoms with Crippen molar-refractivity contribution in [1.29, 1.82) is 0 Å². The lowest BCUT2D eigenvalue weighted by atomic mass is 9.84. The van der Waals surface area contributed by atoms with Crippen LogP contribution in [0.5, 0.6) is 5.88 Å². The molecule has 37 heavy (non-hydrogen) atoms. The number of hydrogen-bond donors (Lipinski definition) is 2. The molecule has 200 valence electrons. The summed E-state index contributed by atoms with van der Waals surface area (Å²) in [7, 11) is 1.42. The SMILES string of the molecule is COc1cc(-c2cc(C(=O)N3[C@@H]4CC[C@H]3C[C@H](C(=O)NC3CCC(C(F)(F)F)CC3)C4)n[nH]2)c(F)cn1. The van der Waals surface area contributed by atoms with Gasteiger partial charge in [0.25, 0.3) is 5.91 Å². The maximum atomic E-state index is 14.3. The number of alkyl halides is 3. The van der Waals surface area contributed by atoms with Gasteiger partial charge in [-0.3, -0.25) is 14.7 Å². The zero-order valence-electron chi connectivity index (χ0n) is 20.4. The molecule has 2 bridgehead atoms. The van der Waals surface area contributed by atoms with Gasteiger partial charge in [0.1, 0.15) is 0 Å². The molecule has 2 aliphatic heterocycles. The van der Waals surface area contributed by atoms with Crippen molar-refractivity contribution in [3.05, 3.63) is 29.8 Å². The summed E-state index contributed by atoms with van der Waals surface area (Å²) in [4.78, 5) is 31.9. The summed E-state index contributed by atoms with van der Waals surface area (Å²) in [6, 6.07) is 2.43. The number of amides is 2. The number of nitrogens with zero attached hydrogens (tertiary/aromatic N) is 3. The van der Waals surface area contributed by atoms with Crippen LogP contribution in [0.3, 0.4) is 0 Å². The molecular weight excluding hydrogens is 494 g/mol. The third kappa shape index (κ3) is 5.15. The van der Waals surface area contributed by atoms with Crippen LogP contribution in [0.1, 0.15) is 61.9 Å². The van der Waals surface area contributed by atoms with Crippen LogP contribution in [0.25, 0.3) is 11.3 Å². The zero-order valence-corrected chi connectivity index (χ0v) is 20.4. The van der Waals surface area contributed by atoms with Gasteiger partial charge in [0.15, 0.2) is 11.5 Å². The summed E-state index contributed by atoms with van der Waals surface area (Å²) in [5.41, 5.74) is 0.663. The Bertz CT molecular complexity index is 1150. The van der Waals surface area contributed by atoms with Gasteiger partial charge >= 0.3 is 6.18 Å². The molecule has 0 radical (unpaired) electrons. The summed E-state index contributed by atoms with van der Waals surface area (Å²) < 4.78 is 58.1. The molecule has 2 saturated heterocycles. The molecule has 12 heteroatoms. The second kappa shape index (κ2) is 9.94. The lowest BCUT2D eigenvalue weighted by Crippen LogP contribution is -2.51. The molecule has 3 aliphatic rings. The van der Waals surface area contributed by atoms with Crippen LogP contribution >= 0.6 is 0 Å². The van der Waals surface area contributed by atoms with Crippen LogP contribution in [0.2, 0.25) is 0 Å². The van der Waals surface area contributed by atoms with E-state index in [2.05, 4.69) is 20.5 Å². The van der Waals surface area contributed by atoms with E-state index in [1.165, 1.54) is 19.2 Å². The Morgan fingerprint density at radius 1 is 1.08 bits per heavy atom. The minimum atomic E-state index is -4.18. The highest BCUT2D eigenvalue weighted by Crippen LogP contribution is 2.41. The smallest absolute Gasteiger partial charge is 0.391 e. The van der Waals surface area contributed by atoms with Crippen molar-refractivity contribution in [3.8, 4) is 17.1 Å². The molecule has 5 rings (SSSR count). The largest absolute Gasteiger partial charge is 0.481 e. The molecule has 0 aromatic carbocycles. The number of methoxy groups -OCH3 is 1. The molecule has 1 saturated carbocycles. The van der Waals surface area contributed by atoms with Gasteiger partial charge in [-0.25, -0.2) is 9.37 Å². The number of ether oxygens (including phenoxy) is 1. The number of nitrogens with one attached hydrogen (secondary N) is 2. The number of piperidine rings is 1. The Morgan fingerprint density at radius 3 is 2.38 bits per heavy atom. The summed E-state index contributed by atoms with van der Waals surface area (Å²) in [5, 5.41) is 9.79. The molecule has 2 aromatic heterocycles. The first-order valence-electron chi connectivity index (χ1n) is 12.6. The van der Waals surface area contributed by atoms with Crippen molar-refractivity contribution in [1.82, 2.24) is 25.4 Å². The van der Waals surface area contributed by atoms with E-state index < -0.39 is 17.9 Å². The number of aromatic amines is 1. The molecule has 2 N–H and O–H groups in total. The number of pyridine rings is 1. The number of H-pyrrole nitrogens is 1. The lowest BCUT2D eigenvalue weighted by molar-refractivity contribution is -0.182. The van der Waals surface area contributed by atoms with Crippen LogP contribution < -0.4 is 10.1 Å². The number of hydrogen-bond acceptors (Lipinski definition) is 5. The summed E-state index contributed by atoms with van der Waals surface area (Å²) in [6.45, 7) is 0. The van der Waals surface area contributed by atoms with E-state index in [4.69, 9.17) is 4.74 Å². The quantitative estimate of drug-likeness (QED) is 0.571. The van der Waals surface area contributed by atoms with E-state index in [9.17, 15) is 27.2 Å². The number of rotatable bonds is 5. The Hall–Kier alpha value is -3.18. The summed E-state index contributed by atoms with van der Waals surface area (Å²) >= 11 is 0. The second-order valence-electron chi connectivity index (χ2n) is 10.2. The van der Waals surface area contributed by atoms with E-state index in [1.807, 2.05) is 0 Å². The van der Waals surface area contributed by atoms with Crippen molar-refractivity contribution in [3.63, 3.8) is 0 Å². The fourth-order valence-electron chi connectivity index (χ4n) is 6.05. The lowest BCUT2D eigenvalue weighted by Gasteiger charge is -2.39.